The second kappa shape index (κ2) is 7.04. The number of hydrogen-bond acceptors (Lipinski definition) is 3. The Balaban J connectivity index is 2.78. The first-order chi connectivity index (χ1) is 8.45. The first-order valence-corrected chi connectivity index (χ1v) is 6.33. The molecule has 0 radical (unpaired) electrons. The molecule has 0 fully saturated rings. The van der Waals surface area contributed by atoms with E-state index in [-0.39, 0.29) is 11.1 Å². The van der Waals surface area contributed by atoms with Gasteiger partial charge in [-0.15, -0.1) is 0 Å². The Kier molecular flexibility index (Phi) is 6.02. The van der Waals surface area contributed by atoms with Gasteiger partial charge in [-0.2, -0.15) is 0 Å². The third-order valence-corrected chi connectivity index (χ3v) is 3.27. The molecule has 102 valence electrons. The van der Waals surface area contributed by atoms with Crippen LogP contribution in [0.2, 0.25) is 5.02 Å². The predicted molar refractivity (Wildman–Crippen MR) is 74.4 cm³/mol. The van der Waals surface area contributed by atoms with Gasteiger partial charge in [0, 0.05) is 25.7 Å². The first kappa shape index (κ1) is 15.4. The van der Waals surface area contributed by atoms with Crippen LogP contribution < -0.4 is 5.73 Å². The van der Waals surface area contributed by atoms with Crippen LogP contribution in [-0.2, 0) is 0 Å². The molecule has 0 heterocycles. The summed E-state index contributed by atoms with van der Waals surface area (Å²) in [6.45, 7) is 2.32. The van der Waals surface area contributed by atoms with Crippen LogP contribution >= 0.6 is 11.6 Å². The van der Waals surface area contributed by atoms with Crippen LogP contribution in [0.3, 0.4) is 0 Å². The molecule has 1 rings (SSSR count). The molecule has 0 amide bonds. The van der Waals surface area contributed by atoms with Gasteiger partial charge in [0.1, 0.15) is 5.82 Å². The van der Waals surface area contributed by atoms with Gasteiger partial charge < -0.3 is 10.6 Å². The maximum atomic E-state index is 13.1. The summed E-state index contributed by atoms with van der Waals surface area (Å²) in [5.41, 5.74) is 6.76. The monoisotopic (exact) mass is 273 g/mol. The fourth-order valence-electron chi connectivity index (χ4n) is 1.80. The zero-order chi connectivity index (χ0) is 13.7. The van der Waals surface area contributed by atoms with Crippen LogP contribution in [0.25, 0.3) is 0 Å². The minimum absolute atomic E-state index is 0.0584. The van der Waals surface area contributed by atoms with Crippen LogP contribution in [0.15, 0.2) is 18.2 Å². The van der Waals surface area contributed by atoms with Crippen LogP contribution in [0.5, 0.6) is 0 Å². The zero-order valence-corrected chi connectivity index (χ0v) is 11.9. The lowest BCUT2D eigenvalue weighted by Crippen LogP contribution is -2.35. The molecule has 0 saturated carbocycles. The van der Waals surface area contributed by atoms with E-state index in [1.54, 1.807) is 12.1 Å². The van der Waals surface area contributed by atoms with Gasteiger partial charge in [0.2, 0.25) is 0 Å². The number of nitrogens with zero attached hydrogens (tertiary/aromatic N) is 2. The number of benzene rings is 1. The topological polar surface area (TPSA) is 32.5 Å². The van der Waals surface area contributed by atoms with Gasteiger partial charge in [-0.25, -0.2) is 4.39 Å². The molecule has 2 N–H and O–H groups in total. The molecule has 0 aliphatic carbocycles. The second-order valence-corrected chi connectivity index (χ2v) is 5.12. The van der Waals surface area contributed by atoms with E-state index in [9.17, 15) is 4.39 Å². The van der Waals surface area contributed by atoms with E-state index in [1.807, 2.05) is 21.1 Å². The maximum Gasteiger partial charge on any atom is 0.141 e. The van der Waals surface area contributed by atoms with Crippen molar-refractivity contribution in [3.63, 3.8) is 0 Å². The highest BCUT2D eigenvalue weighted by Gasteiger charge is 2.16. The van der Waals surface area contributed by atoms with Crippen molar-refractivity contribution in [1.29, 1.82) is 0 Å². The van der Waals surface area contributed by atoms with Gasteiger partial charge >= 0.3 is 0 Å². The molecule has 1 aromatic rings. The zero-order valence-electron chi connectivity index (χ0n) is 11.2. The van der Waals surface area contributed by atoms with Crippen LogP contribution in [0.4, 0.5) is 4.39 Å². The molecule has 0 saturated heterocycles. The minimum atomic E-state index is -0.396. The second-order valence-electron chi connectivity index (χ2n) is 4.71. The molecule has 1 unspecified atom stereocenters. The maximum absolute atomic E-state index is 13.1. The van der Waals surface area contributed by atoms with Gasteiger partial charge in [-0.3, -0.25) is 4.90 Å². The van der Waals surface area contributed by atoms with Gasteiger partial charge in [0.25, 0.3) is 0 Å². The lowest BCUT2D eigenvalue weighted by molar-refractivity contribution is 0.222. The molecule has 0 spiro atoms. The van der Waals surface area contributed by atoms with Crippen molar-refractivity contribution in [3.05, 3.63) is 34.6 Å². The van der Waals surface area contributed by atoms with Gasteiger partial charge in [-0.05, 0) is 38.8 Å². The van der Waals surface area contributed by atoms with E-state index in [2.05, 4.69) is 9.80 Å². The normalized spacial score (nSPS) is 13.3. The molecular weight excluding hydrogens is 253 g/mol. The molecule has 1 aromatic carbocycles. The molecule has 18 heavy (non-hydrogen) atoms. The number of nitrogens with two attached hydrogens (primary N) is 1. The molecule has 0 aromatic heterocycles. The Hall–Kier alpha value is -0.680. The van der Waals surface area contributed by atoms with Crippen molar-refractivity contribution >= 4 is 11.6 Å². The summed E-state index contributed by atoms with van der Waals surface area (Å²) in [6, 6.07) is 4.84. The van der Waals surface area contributed by atoms with Crippen molar-refractivity contribution < 1.29 is 4.39 Å². The third kappa shape index (κ3) is 4.21. The first-order valence-electron chi connectivity index (χ1n) is 5.95. The molecule has 3 nitrogen and oxygen atoms in total. The Morgan fingerprint density at radius 3 is 2.44 bits per heavy atom. The van der Waals surface area contributed by atoms with E-state index < -0.39 is 5.82 Å². The summed E-state index contributed by atoms with van der Waals surface area (Å²) in [6.07, 6.45) is 0. The van der Waals surface area contributed by atoms with Crippen molar-refractivity contribution in [2.75, 3.05) is 40.8 Å². The third-order valence-electron chi connectivity index (χ3n) is 2.98. The summed E-state index contributed by atoms with van der Waals surface area (Å²) < 4.78 is 13.1. The number of rotatable bonds is 6. The summed E-state index contributed by atoms with van der Waals surface area (Å²) in [5, 5.41) is 0.145. The smallest absolute Gasteiger partial charge is 0.141 e. The average Bonchev–Trinajstić information content (AvgIpc) is 2.32. The van der Waals surface area contributed by atoms with Crippen LogP contribution in [0.1, 0.15) is 11.6 Å². The highest BCUT2D eigenvalue weighted by molar-refractivity contribution is 6.30. The Morgan fingerprint density at radius 2 is 1.94 bits per heavy atom. The summed E-state index contributed by atoms with van der Waals surface area (Å²) in [5.74, 6) is -0.396. The van der Waals surface area contributed by atoms with Crippen molar-refractivity contribution in [3.8, 4) is 0 Å². The Bertz CT molecular complexity index is 384. The summed E-state index contributed by atoms with van der Waals surface area (Å²) in [7, 11) is 6.07. The van der Waals surface area contributed by atoms with E-state index in [0.29, 0.717) is 6.54 Å². The highest BCUT2D eigenvalue weighted by atomic mass is 35.5. The minimum Gasteiger partial charge on any atom is -0.329 e. The Labute approximate surface area is 113 Å². The van der Waals surface area contributed by atoms with E-state index in [1.165, 1.54) is 6.07 Å². The standard InChI is InChI=1S/C13H21ClFN3/c1-17(2)6-7-18(3)13(9-16)10-4-5-12(15)11(14)8-10/h4-5,8,13H,6-7,9,16H2,1-3H3. The molecule has 0 aliphatic heterocycles. The van der Waals surface area contributed by atoms with E-state index >= 15 is 0 Å². The number of halogens is 2. The summed E-state index contributed by atoms with van der Waals surface area (Å²) in [4.78, 5) is 4.27. The van der Waals surface area contributed by atoms with E-state index in [0.717, 1.165) is 18.7 Å². The highest BCUT2D eigenvalue weighted by Crippen LogP contribution is 2.23. The Morgan fingerprint density at radius 1 is 1.28 bits per heavy atom. The fraction of sp³-hybridized carbons (Fsp3) is 0.538. The van der Waals surface area contributed by atoms with Gasteiger partial charge in [-0.1, -0.05) is 17.7 Å². The van der Waals surface area contributed by atoms with Crippen molar-refractivity contribution in [1.82, 2.24) is 9.80 Å². The van der Waals surface area contributed by atoms with Crippen molar-refractivity contribution in [2.24, 2.45) is 5.73 Å². The summed E-state index contributed by atoms with van der Waals surface area (Å²) >= 11 is 5.80. The van der Waals surface area contributed by atoms with E-state index in [4.69, 9.17) is 17.3 Å². The van der Waals surface area contributed by atoms with Crippen molar-refractivity contribution in [2.45, 2.75) is 6.04 Å². The molecule has 1 atom stereocenters. The predicted octanol–water partition coefficient (Wildman–Crippen LogP) is 1.97. The molecule has 0 aliphatic rings. The SMILES string of the molecule is CN(C)CCN(C)C(CN)c1ccc(F)c(Cl)c1. The number of hydrogen-bond donors (Lipinski definition) is 1. The molecule has 5 heteroatoms. The van der Waals surface area contributed by atoms with Gasteiger partial charge in [0.15, 0.2) is 0 Å². The van der Waals surface area contributed by atoms with Crippen LogP contribution in [0, 0.1) is 5.82 Å². The lowest BCUT2D eigenvalue weighted by atomic mass is 10.1. The van der Waals surface area contributed by atoms with Crippen LogP contribution in [-0.4, -0.2) is 50.6 Å². The lowest BCUT2D eigenvalue weighted by Gasteiger charge is -2.28. The van der Waals surface area contributed by atoms with Gasteiger partial charge in [0.05, 0.1) is 5.02 Å². The average molecular weight is 274 g/mol. The molecular formula is C13H21ClFN3. The number of likely N-dealkylation sites (N-methyl/N-ethyl adjacent to an activating group) is 2. The molecule has 0 bridgehead atoms. The largest absolute Gasteiger partial charge is 0.329 e. The fourth-order valence-corrected chi connectivity index (χ4v) is 1.99. The quantitative estimate of drug-likeness (QED) is 0.860.